The molecule has 1 aliphatic heterocycles. The molecule has 0 fully saturated rings. The number of hydrogen-bond acceptors (Lipinski definition) is 10. The van der Waals surface area contributed by atoms with Crippen LogP contribution in [0.1, 0.15) is 45.6 Å². The van der Waals surface area contributed by atoms with Gasteiger partial charge in [0.1, 0.15) is 18.7 Å². The summed E-state index contributed by atoms with van der Waals surface area (Å²) >= 11 is 0. The van der Waals surface area contributed by atoms with Crippen LogP contribution in [0.2, 0.25) is 0 Å². The molecule has 0 aromatic heterocycles. The van der Waals surface area contributed by atoms with Gasteiger partial charge in [-0.1, -0.05) is 26.0 Å². The van der Waals surface area contributed by atoms with Crippen molar-refractivity contribution < 1.29 is 51.3 Å². The van der Waals surface area contributed by atoms with Gasteiger partial charge in [-0.25, -0.2) is 4.79 Å². The Morgan fingerprint density at radius 2 is 1.54 bits per heavy atom. The number of hydrogen-bond donors (Lipinski definition) is 6. The van der Waals surface area contributed by atoms with Gasteiger partial charge in [0, 0.05) is 37.9 Å². The van der Waals surface area contributed by atoms with Crippen molar-refractivity contribution in [2.24, 2.45) is 11.7 Å². The molecule has 7 amide bonds. The number of benzene rings is 1. The number of primary amides is 1. The third kappa shape index (κ3) is 11.9. The predicted octanol–water partition coefficient (Wildman–Crippen LogP) is -0.666. The number of imide groups is 1. The summed E-state index contributed by atoms with van der Waals surface area (Å²) in [6.45, 7) is 3.98. The molecule has 3 atom stereocenters. The van der Waals surface area contributed by atoms with Crippen LogP contribution in [0, 0.1) is 5.92 Å². The monoisotopic (exact) mass is 666 g/mol. The number of nitrogens with one attached hydrogen (secondary N) is 4. The number of ether oxygens (including phenoxy) is 1. The first kappa shape index (κ1) is 37.3. The van der Waals surface area contributed by atoms with Gasteiger partial charge in [0.25, 0.3) is 21.9 Å². The van der Waals surface area contributed by atoms with E-state index in [1.165, 1.54) is 6.92 Å². The summed E-state index contributed by atoms with van der Waals surface area (Å²) in [5.41, 5.74) is 6.09. The molecule has 18 heteroatoms. The molecule has 2 rings (SSSR count). The van der Waals surface area contributed by atoms with E-state index in [1.807, 2.05) is 0 Å². The van der Waals surface area contributed by atoms with Crippen LogP contribution in [0.3, 0.4) is 0 Å². The van der Waals surface area contributed by atoms with Gasteiger partial charge in [0.2, 0.25) is 17.7 Å². The first-order valence-electron chi connectivity index (χ1n) is 14.2. The molecule has 0 radical (unpaired) electrons. The third-order valence-electron chi connectivity index (χ3n) is 6.68. The van der Waals surface area contributed by atoms with Crippen LogP contribution < -0.4 is 27.0 Å². The quantitative estimate of drug-likeness (QED) is 0.0526. The lowest BCUT2D eigenvalue weighted by Gasteiger charge is -2.27. The van der Waals surface area contributed by atoms with Crippen LogP contribution in [0.4, 0.5) is 10.5 Å². The van der Waals surface area contributed by atoms with Crippen LogP contribution in [0.25, 0.3) is 0 Å². The van der Waals surface area contributed by atoms with Gasteiger partial charge in [0.05, 0.1) is 0 Å². The summed E-state index contributed by atoms with van der Waals surface area (Å²) in [7, 11) is -5.04. The zero-order chi connectivity index (χ0) is 34.6. The highest BCUT2D eigenvalue weighted by Crippen LogP contribution is 2.14. The Hall–Kier alpha value is -4.84. The summed E-state index contributed by atoms with van der Waals surface area (Å²) in [5.74, 6) is -5.30. The summed E-state index contributed by atoms with van der Waals surface area (Å²) in [6.07, 6.45) is 1.52. The Morgan fingerprint density at radius 1 is 0.935 bits per heavy atom. The highest BCUT2D eigenvalue weighted by atomic mass is 32.2. The largest absolute Gasteiger partial charge is 0.461 e. The number of amides is 7. The number of anilines is 1. The minimum atomic E-state index is -5.04. The molecule has 17 nitrogen and oxygen atoms in total. The van der Waals surface area contributed by atoms with E-state index in [0.717, 1.165) is 12.2 Å². The van der Waals surface area contributed by atoms with Gasteiger partial charge in [-0.3, -0.25) is 38.2 Å². The molecule has 1 heterocycles. The second-order valence-electron chi connectivity index (χ2n) is 10.6. The Kier molecular flexibility index (Phi) is 13.8. The first-order chi connectivity index (χ1) is 21.5. The zero-order valence-corrected chi connectivity index (χ0v) is 26.3. The Bertz CT molecular complexity index is 1440. The van der Waals surface area contributed by atoms with Gasteiger partial charge in [-0.2, -0.15) is 8.42 Å². The normalized spacial score (nSPS) is 14.8. The average Bonchev–Trinajstić information content (AvgIpc) is 3.28. The number of nitrogens with two attached hydrogens (primary N) is 1. The van der Waals surface area contributed by atoms with Crippen molar-refractivity contribution >= 4 is 57.3 Å². The molecular formula is C28H38N6O11S. The van der Waals surface area contributed by atoms with E-state index in [-0.39, 0.29) is 26.0 Å². The highest BCUT2D eigenvalue weighted by molar-refractivity contribution is 7.87. The van der Waals surface area contributed by atoms with E-state index in [2.05, 4.69) is 21.3 Å². The molecule has 46 heavy (non-hydrogen) atoms. The standard InChI is InChI=1S/C28H38N6O11S/c1-16(2)24(33-26(39)21(46(42,43)44)12-14-34-22(36)10-11-23(34)37)27(40)32-20(5-4-13-30-28(29)41)25(38)31-19-8-6-18(7-9-19)15-45-17(3)35/h6-11,16,20-21,24H,4-5,12-15H2,1-3H3,(H,31,38)(H,32,40)(H,33,39)(H3,29,30,41)(H,42,43,44)/t20-,21+,24-/m0/s1. The molecule has 0 saturated carbocycles. The van der Waals surface area contributed by atoms with Crippen LogP contribution in [-0.4, -0.2) is 89.8 Å². The fraction of sp³-hybridized carbons (Fsp3) is 0.464. The zero-order valence-electron chi connectivity index (χ0n) is 25.5. The molecule has 7 N–H and O–H groups in total. The number of carbonyl (C=O) groups excluding carboxylic acids is 7. The maximum absolute atomic E-state index is 13.4. The fourth-order valence-corrected chi connectivity index (χ4v) is 4.98. The topological polar surface area (TPSA) is 260 Å². The predicted molar refractivity (Wildman–Crippen MR) is 162 cm³/mol. The molecule has 1 aliphatic rings. The number of esters is 1. The molecule has 0 aliphatic carbocycles. The number of urea groups is 1. The van der Waals surface area contributed by atoms with Crippen LogP contribution in [0.5, 0.6) is 0 Å². The van der Waals surface area contributed by atoms with Gasteiger partial charge in [-0.15, -0.1) is 0 Å². The summed E-state index contributed by atoms with van der Waals surface area (Å²) in [6, 6.07) is 2.97. The lowest BCUT2D eigenvalue weighted by Crippen LogP contribution is -2.56. The maximum Gasteiger partial charge on any atom is 0.312 e. The van der Waals surface area contributed by atoms with Crippen molar-refractivity contribution in [1.29, 1.82) is 0 Å². The minimum absolute atomic E-state index is 0.0146. The minimum Gasteiger partial charge on any atom is -0.461 e. The summed E-state index contributed by atoms with van der Waals surface area (Å²) < 4.78 is 38.8. The van der Waals surface area contributed by atoms with Crippen molar-refractivity contribution in [2.45, 2.75) is 64.0 Å². The van der Waals surface area contributed by atoms with E-state index in [1.54, 1.807) is 38.1 Å². The molecule has 0 spiro atoms. The molecule has 252 valence electrons. The number of rotatable bonds is 17. The fourth-order valence-electron chi connectivity index (χ4n) is 4.24. The van der Waals surface area contributed by atoms with E-state index in [4.69, 9.17) is 10.5 Å². The van der Waals surface area contributed by atoms with Crippen molar-refractivity contribution in [2.75, 3.05) is 18.4 Å². The van der Waals surface area contributed by atoms with Crippen LogP contribution in [-0.2, 0) is 50.2 Å². The van der Waals surface area contributed by atoms with Crippen molar-refractivity contribution in [3.63, 3.8) is 0 Å². The van der Waals surface area contributed by atoms with Crippen molar-refractivity contribution in [3.05, 3.63) is 42.0 Å². The first-order valence-corrected chi connectivity index (χ1v) is 15.7. The van der Waals surface area contributed by atoms with E-state index < -0.39 is 87.9 Å². The second-order valence-corrected chi connectivity index (χ2v) is 12.2. The Balaban J connectivity index is 2.17. The SMILES string of the molecule is CC(=O)OCc1ccc(NC(=O)[C@H](CCCNC(N)=O)NC(=O)[C@@H](NC(=O)[C@@H](CCN2C(=O)C=CC2=O)S(=O)(=O)O)C(C)C)cc1. The van der Waals surface area contributed by atoms with Gasteiger partial charge < -0.3 is 31.7 Å². The van der Waals surface area contributed by atoms with E-state index >= 15 is 0 Å². The lowest BCUT2D eigenvalue weighted by molar-refractivity contribution is -0.142. The lowest BCUT2D eigenvalue weighted by atomic mass is 10.0. The number of carbonyl (C=O) groups is 7. The molecule has 0 saturated heterocycles. The average molecular weight is 667 g/mol. The van der Waals surface area contributed by atoms with E-state index in [0.29, 0.717) is 16.2 Å². The maximum atomic E-state index is 13.4. The molecule has 0 unspecified atom stereocenters. The number of nitrogens with zero attached hydrogens (tertiary/aromatic N) is 1. The molecule has 1 aromatic carbocycles. The smallest absolute Gasteiger partial charge is 0.312 e. The van der Waals surface area contributed by atoms with Gasteiger partial charge >= 0.3 is 12.0 Å². The van der Waals surface area contributed by atoms with Gasteiger partial charge in [0.15, 0.2) is 5.25 Å². The van der Waals surface area contributed by atoms with Gasteiger partial charge in [-0.05, 0) is 42.9 Å². The van der Waals surface area contributed by atoms with Crippen LogP contribution in [0.15, 0.2) is 36.4 Å². The third-order valence-corrected chi connectivity index (χ3v) is 7.85. The highest BCUT2D eigenvalue weighted by Gasteiger charge is 2.37. The van der Waals surface area contributed by atoms with E-state index in [9.17, 15) is 46.5 Å². The summed E-state index contributed by atoms with van der Waals surface area (Å²) in [4.78, 5) is 86.0. The van der Waals surface area contributed by atoms with Crippen molar-refractivity contribution in [3.8, 4) is 0 Å². The Morgan fingerprint density at radius 3 is 2.07 bits per heavy atom. The second kappa shape index (κ2) is 17.0. The Labute approximate surface area is 265 Å². The molecule has 0 bridgehead atoms. The van der Waals surface area contributed by atoms with Crippen molar-refractivity contribution in [1.82, 2.24) is 20.9 Å². The molecular weight excluding hydrogens is 628 g/mol. The molecule has 1 aromatic rings. The van der Waals surface area contributed by atoms with Crippen LogP contribution >= 0.6 is 0 Å². The summed E-state index contributed by atoms with van der Waals surface area (Å²) in [5, 5.41) is 7.73.